The molecule has 2 fully saturated rings. The van der Waals surface area contributed by atoms with E-state index in [1.54, 1.807) is 0 Å². The van der Waals surface area contributed by atoms with E-state index >= 15 is 0 Å². The first-order chi connectivity index (χ1) is 12.8. The summed E-state index contributed by atoms with van der Waals surface area (Å²) in [4.78, 5) is 0. The van der Waals surface area contributed by atoms with Crippen LogP contribution in [0.15, 0.2) is 53.0 Å². The van der Waals surface area contributed by atoms with Crippen LogP contribution in [0.5, 0.6) is 0 Å². The fourth-order valence-electron chi connectivity index (χ4n) is 4.82. The zero-order valence-corrected chi connectivity index (χ0v) is 17.7. The van der Waals surface area contributed by atoms with Crippen LogP contribution in [-0.2, 0) is 4.74 Å². The van der Waals surface area contributed by atoms with Crippen LogP contribution in [0.3, 0.4) is 0 Å². The number of rotatable bonds is 6. The molecule has 0 saturated heterocycles. The minimum Gasteiger partial charge on any atom is -0.374 e. The molecule has 0 bridgehead atoms. The zero-order chi connectivity index (χ0) is 18.2. The average molecular weight is 417 g/mol. The molecular formula is C24H33BrO. The molecule has 0 heterocycles. The molecule has 0 radical (unpaired) electrons. The van der Waals surface area contributed by atoms with E-state index in [0.717, 1.165) is 24.4 Å². The minimum absolute atomic E-state index is 0.487. The Balaban J connectivity index is 1.37. The normalized spacial score (nSPS) is 30.2. The summed E-state index contributed by atoms with van der Waals surface area (Å²) >= 11 is 3.55. The molecule has 0 aliphatic heterocycles. The third-order valence-corrected chi connectivity index (χ3v) is 6.90. The largest absolute Gasteiger partial charge is 0.374 e. The van der Waals surface area contributed by atoms with Crippen LogP contribution < -0.4 is 0 Å². The van der Waals surface area contributed by atoms with Gasteiger partial charge in [0.05, 0.1) is 12.7 Å². The predicted octanol–water partition coefficient (Wildman–Crippen LogP) is 7.43. The Kier molecular flexibility index (Phi) is 8.01. The quantitative estimate of drug-likeness (QED) is 0.437. The van der Waals surface area contributed by atoms with Crippen molar-refractivity contribution in [3.63, 3.8) is 0 Å². The molecule has 1 aromatic rings. The van der Waals surface area contributed by atoms with Crippen LogP contribution in [0.4, 0.5) is 0 Å². The Hall–Kier alpha value is -0.860. The van der Waals surface area contributed by atoms with Gasteiger partial charge in [-0.05, 0) is 93.7 Å². The molecule has 0 N–H and O–H groups in total. The molecule has 2 aliphatic rings. The highest BCUT2D eigenvalue weighted by Gasteiger charge is 2.31. The summed E-state index contributed by atoms with van der Waals surface area (Å²) in [5.41, 5.74) is 1.54. The maximum Gasteiger partial charge on any atom is 0.0654 e. The average Bonchev–Trinajstić information content (AvgIpc) is 2.69. The van der Waals surface area contributed by atoms with E-state index in [0.29, 0.717) is 6.10 Å². The van der Waals surface area contributed by atoms with Gasteiger partial charge in [0.2, 0.25) is 0 Å². The summed E-state index contributed by atoms with van der Waals surface area (Å²) in [5.74, 6) is 2.68. The van der Waals surface area contributed by atoms with E-state index in [9.17, 15) is 0 Å². The number of hydrogen-bond donors (Lipinski definition) is 0. The van der Waals surface area contributed by atoms with Crippen molar-refractivity contribution in [2.24, 2.45) is 11.8 Å². The molecule has 0 spiro atoms. The SMILES string of the molecule is CC=CC=CCO[C@H]1CC[C@H]([C@H]2CC[C@H](c3ccc(Br)cc3)CC2)CC1. The zero-order valence-electron chi connectivity index (χ0n) is 16.1. The molecule has 0 unspecified atom stereocenters. The van der Waals surface area contributed by atoms with Gasteiger partial charge in [0.1, 0.15) is 0 Å². The van der Waals surface area contributed by atoms with Gasteiger partial charge in [0.25, 0.3) is 0 Å². The van der Waals surface area contributed by atoms with Crippen LogP contribution in [0.25, 0.3) is 0 Å². The number of halogens is 1. The molecule has 3 rings (SSSR count). The summed E-state index contributed by atoms with van der Waals surface area (Å²) in [6.45, 7) is 2.80. The van der Waals surface area contributed by atoms with E-state index < -0.39 is 0 Å². The molecule has 0 amide bonds. The molecule has 1 aromatic carbocycles. The van der Waals surface area contributed by atoms with E-state index in [-0.39, 0.29) is 0 Å². The van der Waals surface area contributed by atoms with Gasteiger partial charge in [-0.25, -0.2) is 0 Å². The van der Waals surface area contributed by atoms with Crippen molar-refractivity contribution in [1.29, 1.82) is 0 Å². The first-order valence-corrected chi connectivity index (χ1v) is 11.2. The summed E-state index contributed by atoms with van der Waals surface area (Å²) in [6, 6.07) is 9.00. The Bertz CT molecular complexity index is 573. The number of benzene rings is 1. The van der Waals surface area contributed by atoms with Crippen molar-refractivity contribution in [3.8, 4) is 0 Å². The van der Waals surface area contributed by atoms with E-state index in [1.807, 2.05) is 13.0 Å². The van der Waals surface area contributed by atoms with E-state index in [1.165, 1.54) is 61.4 Å². The summed E-state index contributed by atoms with van der Waals surface area (Å²) < 4.78 is 7.21. The summed E-state index contributed by atoms with van der Waals surface area (Å²) in [5, 5.41) is 0. The fraction of sp³-hybridized carbons (Fsp3) is 0.583. The van der Waals surface area contributed by atoms with E-state index in [4.69, 9.17) is 4.74 Å². The van der Waals surface area contributed by atoms with Crippen molar-refractivity contribution < 1.29 is 4.74 Å². The number of hydrogen-bond acceptors (Lipinski definition) is 1. The molecular weight excluding hydrogens is 384 g/mol. The second-order valence-electron chi connectivity index (χ2n) is 7.99. The smallest absolute Gasteiger partial charge is 0.0654 e. The monoisotopic (exact) mass is 416 g/mol. The van der Waals surface area contributed by atoms with Gasteiger partial charge in [-0.3, -0.25) is 0 Å². The maximum atomic E-state index is 6.03. The van der Waals surface area contributed by atoms with Crippen molar-refractivity contribution in [1.82, 2.24) is 0 Å². The molecule has 1 nitrogen and oxygen atoms in total. The first-order valence-electron chi connectivity index (χ1n) is 10.4. The summed E-state index contributed by atoms with van der Waals surface area (Å²) in [6.07, 6.45) is 19.6. The summed E-state index contributed by atoms with van der Waals surface area (Å²) in [7, 11) is 0. The van der Waals surface area contributed by atoms with Gasteiger partial charge < -0.3 is 4.74 Å². The van der Waals surface area contributed by atoms with Crippen molar-refractivity contribution in [3.05, 3.63) is 58.6 Å². The van der Waals surface area contributed by atoms with E-state index in [2.05, 4.69) is 58.4 Å². The van der Waals surface area contributed by atoms with Gasteiger partial charge in [0, 0.05) is 4.47 Å². The molecule has 142 valence electrons. The molecule has 2 aliphatic carbocycles. The Morgan fingerprint density at radius 3 is 2.12 bits per heavy atom. The molecule has 26 heavy (non-hydrogen) atoms. The highest BCUT2D eigenvalue weighted by Crippen LogP contribution is 2.43. The van der Waals surface area contributed by atoms with Crippen LogP contribution in [-0.4, -0.2) is 12.7 Å². The van der Waals surface area contributed by atoms with Crippen LogP contribution in [0, 0.1) is 11.8 Å². The van der Waals surface area contributed by atoms with Crippen LogP contribution >= 0.6 is 15.9 Å². The minimum atomic E-state index is 0.487. The van der Waals surface area contributed by atoms with Gasteiger partial charge in [-0.15, -0.1) is 0 Å². The Morgan fingerprint density at radius 2 is 1.50 bits per heavy atom. The number of ether oxygens (including phenoxy) is 1. The Labute approximate surface area is 168 Å². The standard InChI is InChI=1S/C24H33BrO/c1-2-3-4-5-18-26-24-16-12-22(13-17-24)20-8-6-19(7-9-20)21-10-14-23(25)15-11-21/h2-5,10-11,14-15,19-20,22,24H,6-9,12-13,16-18H2,1H3/t19-,20-,22-,24-. The highest BCUT2D eigenvalue weighted by molar-refractivity contribution is 9.10. The van der Waals surface area contributed by atoms with Gasteiger partial charge in [-0.2, -0.15) is 0 Å². The first kappa shape index (κ1) is 19.9. The lowest BCUT2D eigenvalue weighted by Gasteiger charge is -2.38. The lowest BCUT2D eigenvalue weighted by Crippen LogP contribution is -2.28. The highest BCUT2D eigenvalue weighted by atomic mass is 79.9. The maximum absolute atomic E-state index is 6.03. The predicted molar refractivity (Wildman–Crippen MR) is 114 cm³/mol. The molecule has 2 saturated carbocycles. The second kappa shape index (κ2) is 10.5. The number of allylic oxidation sites excluding steroid dienone is 3. The van der Waals surface area contributed by atoms with Gasteiger partial charge in [-0.1, -0.05) is 52.4 Å². The van der Waals surface area contributed by atoms with Gasteiger partial charge in [0.15, 0.2) is 0 Å². The fourth-order valence-corrected chi connectivity index (χ4v) is 5.09. The molecule has 0 aromatic heterocycles. The molecule has 0 atom stereocenters. The topological polar surface area (TPSA) is 9.23 Å². The third-order valence-electron chi connectivity index (χ3n) is 6.37. The van der Waals surface area contributed by atoms with Crippen molar-refractivity contribution in [2.75, 3.05) is 6.61 Å². The lowest BCUT2D eigenvalue weighted by molar-refractivity contribution is 0.0223. The molecule has 2 heteroatoms. The third kappa shape index (κ3) is 5.82. The van der Waals surface area contributed by atoms with Crippen molar-refractivity contribution >= 4 is 15.9 Å². The van der Waals surface area contributed by atoms with Crippen LogP contribution in [0.2, 0.25) is 0 Å². The van der Waals surface area contributed by atoms with Gasteiger partial charge >= 0.3 is 0 Å². The lowest BCUT2D eigenvalue weighted by atomic mass is 9.69. The van der Waals surface area contributed by atoms with Crippen LogP contribution in [0.1, 0.15) is 69.8 Å². The second-order valence-corrected chi connectivity index (χ2v) is 8.90. The Morgan fingerprint density at radius 1 is 0.885 bits per heavy atom. The van der Waals surface area contributed by atoms with Crippen molar-refractivity contribution in [2.45, 2.75) is 70.3 Å².